The van der Waals surface area contributed by atoms with Crippen LogP contribution in [0, 0.1) is 35.5 Å². The van der Waals surface area contributed by atoms with Gasteiger partial charge in [-0.1, -0.05) is 12.2 Å². The van der Waals surface area contributed by atoms with Crippen molar-refractivity contribution in [3.8, 4) is 5.75 Å². The van der Waals surface area contributed by atoms with Gasteiger partial charge in [-0.05, 0) is 61.3 Å². The first-order chi connectivity index (χ1) is 11.6. The molecule has 5 heteroatoms. The zero-order valence-corrected chi connectivity index (χ0v) is 13.5. The molecule has 0 spiro atoms. The van der Waals surface area contributed by atoms with E-state index in [0.717, 1.165) is 12.2 Å². The lowest BCUT2D eigenvalue weighted by atomic mass is 9.62. The van der Waals surface area contributed by atoms with Crippen LogP contribution in [-0.2, 0) is 9.59 Å². The van der Waals surface area contributed by atoms with Gasteiger partial charge in [0.05, 0.1) is 18.4 Å². The molecule has 0 aromatic heterocycles. The van der Waals surface area contributed by atoms with Crippen LogP contribution in [0.1, 0.15) is 13.3 Å². The van der Waals surface area contributed by atoms with Crippen LogP contribution in [0.25, 0.3) is 0 Å². The van der Waals surface area contributed by atoms with E-state index in [0.29, 0.717) is 24.1 Å². The molecule has 126 valence electrons. The second-order valence-corrected chi connectivity index (χ2v) is 6.94. The zero-order valence-electron chi connectivity index (χ0n) is 13.5. The Morgan fingerprint density at radius 1 is 1.12 bits per heavy atom. The van der Waals surface area contributed by atoms with Crippen molar-refractivity contribution in [2.45, 2.75) is 13.3 Å². The van der Waals surface area contributed by atoms with Crippen LogP contribution in [-0.4, -0.2) is 23.6 Å². The molecule has 2 fully saturated rings. The summed E-state index contributed by atoms with van der Waals surface area (Å²) in [4.78, 5) is 24.6. The second-order valence-electron chi connectivity index (χ2n) is 6.94. The maximum atomic E-state index is 12.8. The molecule has 4 aliphatic carbocycles. The molecule has 2 bridgehead atoms. The van der Waals surface area contributed by atoms with Crippen molar-refractivity contribution in [1.29, 1.82) is 0 Å². The van der Waals surface area contributed by atoms with Gasteiger partial charge >= 0.3 is 5.97 Å². The fourth-order valence-corrected chi connectivity index (χ4v) is 4.60. The summed E-state index contributed by atoms with van der Waals surface area (Å²) in [5, 5.41) is 12.5. The van der Waals surface area contributed by atoms with E-state index in [2.05, 4.69) is 11.4 Å². The second kappa shape index (κ2) is 5.65. The van der Waals surface area contributed by atoms with Crippen molar-refractivity contribution in [3.63, 3.8) is 0 Å². The normalized spacial score (nSPS) is 35.2. The van der Waals surface area contributed by atoms with E-state index >= 15 is 0 Å². The minimum Gasteiger partial charge on any atom is -0.494 e. The van der Waals surface area contributed by atoms with Gasteiger partial charge in [0.25, 0.3) is 0 Å². The van der Waals surface area contributed by atoms with Crippen molar-refractivity contribution in [2.24, 2.45) is 35.5 Å². The molecule has 0 aliphatic heterocycles. The molecule has 4 aliphatic rings. The number of ether oxygens (including phenoxy) is 1. The van der Waals surface area contributed by atoms with Crippen LogP contribution in [0.2, 0.25) is 0 Å². The summed E-state index contributed by atoms with van der Waals surface area (Å²) in [7, 11) is 0. The quantitative estimate of drug-likeness (QED) is 0.816. The number of hydrogen-bond donors (Lipinski definition) is 2. The van der Waals surface area contributed by atoms with Crippen LogP contribution in [0.15, 0.2) is 36.4 Å². The van der Waals surface area contributed by atoms with E-state index < -0.39 is 17.8 Å². The lowest BCUT2D eigenvalue weighted by Crippen LogP contribution is -2.48. The molecule has 24 heavy (non-hydrogen) atoms. The maximum absolute atomic E-state index is 12.8. The van der Waals surface area contributed by atoms with Gasteiger partial charge in [-0.3, -0.25) is 9.59 Å². The first-order valence-electron chi connectivity index (χ1n) is 8.55. The van der Waals surface area contributed by atoms with E-state index in [1.54, 1.807) is 24.3 Å². The summed E-state index contributed by atoms with van der Waals surface area (Å²) in [6.07, 6.45) is 5.15. The monoisotopic (exact) mass is 327 g/mol. The van der Waals surface area contributed by atoms with Gasteiger partial charge in [-0.15, -0.1) is 0 Å². The molecule has 0 unspecified atom stereocenters. The van der Waals surface area contributed by atoms with Crippen molar-refractivity contribution in [2.75, 3.05) is 11.9 Å². The molecule has 2 N–H and O–H groups in total. The topological polar surface area (TPSA) is 75.6 Å². The van der Waals surface area contributed by atoms with Crippen molar-refractivity contribution in [1.82, 2.24) is 0 Å². The fraction of sp³-hybridized carbons (Fsp3) is 0.474. The largest absolute Gasteiger partial charge is 0.494 e. The molecule has 6 atom stereocenters. The first-order valence-corrected chi connectivity index (χ1v) is 8.55. The summed E-state index contributed by atoms with van der Waals surface area (Å²) >= 11 is 0. The first kappa shape index (κ1) is 15.2. The molecule has 0 heterocycles. The van der Waals surface area contributed by atoms with Gasteiger partial charge < -0.3 is 15.2 Å². The number of carbonyl (C=O) groups is 2. The summed E-state index contributed by atoms with van der Waals surface area (Å²) in [5.74, 6) is -0.346. The van der Waals surface area contributed by atoms with E-state index in [1.165, 1.54) is 0 Å². The summed E-state index contributed by atoms with van der Waals surface area (Å²) in [6, 6.07) is 7.18. The lowest BCUT2D eigenvalue weighted by Gasteiger charge is -2.41. The highest BCUT2D eigenvalue weighted by atomic mass is 16.5. The fourth-order valence-electron chi connectivity index (χ4n) is 4.60. The average molecular weight is 327 g/mol. The molecular formula is C19H21NO4. The number of hydrogen-bond acceptors (Lipinski definition) is 3. The average Bonchev–Trinajstić information content (AvgIpc) is 3.38. The summed E-state index contributed by atoms with van der Waals surface area (Å²) < 4.78 is 5.39. The van der Waals surface area contributed by atoms with Gasteiger partial charge in [0.15, 0.2) is 0 Å². The van der Waals surface area contributed by atoms with Gasteiger partial charge in [-0.2, -0.15) is 0 Å². The minimum absolute atomic E-state index is 0.00794. The Labute approximate surface area is 140 Å². The number of anilines is 1. The van der Waals surface area contributed by atoms with Gasteiger partial charge in [0.2, 0.25) is 5.91 Å². The van der Waals surface area contributed by atoms with E-state index in [9.17, 15) is 14.7 Å². The minimum atomic E-state index is -0.855. The molecule has 0 saturated heterocycles. The third-order valence-electron chi connectivity index (χ3n) is 5.67. The van der Waals surface area contributed by atoms with Crippen LogP contribution < -0.4 is 10.1 Å². The van der Waals surface area contributed by atoms with Gasteiger partial charge in [0.1, 0.15) is 5.75 Å². The number of carboxylic acids is 1. The number of nitrogens with one attached hydrogen (secondary N) is 1. The van der Waals surface area contributed by atoms with Crippen LogP contribution in [0.5, 0.6) is 5.75 Å². The number of carboxylic acid groups (broad SMARTS) is 1. The number of carbonyl (C=O) groups excluding carboxylic acids is 1. The lowest BCUT2D eigenvalue weighted by molar-refractivity contribution is -0.152. The summed E-state index contributed by atoms with van der Waals surface area (Å²) in [6.45, 7) is 2.50. The Bertz CT molecular complexity index is 696. The molecule has 1 aromatic rings. The van der Waals surface area contributed by atoms with E-state index in [-0.39, 0.29) is 17.7 Å². The molecular weight excluding hydrogens is 306 g/mol. The van der Waals surface area contributed by atoms with Crippen LogP contribution in [0.3, 0.4) is 0 Å². The summed E-state index contributed by atoms with van der Waals surface area (Å²) in [5.41, 5.74) is 0.672. The highest BCUT2D eigenvalue weighted by Crippen LogP contribution is 2.63. The third-order valence-corrected chi connectivity index (χ3v) is 5.67. The molecule has 5 rings (SSSR count). The van der Waals surface area contributed by atoms with E-state index in [4.69, 9.17) is 4.74 Å². The Morgan fingerprint density at radius 3 is 2.33 bits per heavy atom. The Hall–Kier alpha value is -2.30. The molecule has 0 radical (unpaired) electrons. The zero-order chi connectivity index (χ0) is 16.8. The number of rotatable bonds is 5. The van der Waals surface area contributed by atoms with Crippen LogP contribution >= 0.6 is 0 Å². The number of fused-ring (bicyclic) bond motifs is 1. The molecule has 2 saturated carbocycles. The number of amides is 1. The number of allylic oxidation sites excluding steroid dienone is 2. The maximum Gasteiger partial charge on any atom is 0.307 e. The highest BCUT2D eigenvalue weighted by Gasteiger charge is 2.62. The number of benzene rings is 1. The molecule has 1 aromatic carbocycles. The van der Waals surface area contributed by atoms with Crippen LogP contribution in [0.4, 0.5) is 5.69 Å². The standard InChI is InChI=1S/C19H21NO4/c1-2-24-11-5-3-10(4-6-11)20-18(21)16-12-7-8-13(15-9-14(12)15)17(16)19(22)23/h3-8,12-17H,2,9H2,1H3,(H,20,21)(H,22,23)/t12-,13-,14-,15-,16+,17-/m0/s1. The van der Waals surface area contributed by atoms with Crippen molar-refractivity contribution < 1.29 is 19.4 Å². The van der Waals surface area contributed by atoms with E-state index in [1.807, 2.05) is 13.0 Å². The highest BCUT2D eigenvalue weighted by molar-refractivity contribution is 5.96. The predicted octanol–water partition coefficient (Wildman–Crippen LogP) is 2.79. The smallest absolute Gasteiger partial charge is 0.307 e. The predicted molar refractivity (Wildman–Crippen MR) is 88.6 cm³/mol. The molecule has 1 amide bonds. The Balaban J connectivity index is 1.53. The molecule has 5 nitrogen and oxygen atoms in total. The Kier molecular flexibility index (Phi) is 3.59. The van der Waals surface area contributed by atoms with Gasteiger partial charge in [0, 0.05) is 5.69 Å². The van der Waals surface area contributed by atoms with Crippen molar-refractivity contribution >= 4 is 17.6 Å². The van der Waals surface area contributed by atoms with Gasteiger partial charge in [-0.25, -0.2) is 0 Å². The Morgan fingerprint density at radius 2 is 1.75 bits per heavy atom. The SMILES string of the molecule is CCOc1ccc(NC(=O)[C@@H]2[C@H]3C=C[C@@H]([C@@H]4C[C@@H]34)[C@@H]2C(=O)O)cc1. The number of aliphatic carboxylic acids is 1. The van der Waals surface area contributed by atoms with Crippen molar-refractivity contribution in [3.05, 3.63) is 36.4 Å². The third kappa shape index (κ3) is 2.39.